The normalized spacial score (nSPS) is 11.0. The standard InChI is InChI=1S/C12H13ClN2O2/c1-7-5-8(13)6-9-12(7)15(2)10(14-9)3-4-11(16)17/h5-6H,3-4H2,1-2H3,(H,16,17). The second-order valence-corrected chi connectivity index (χ2v) is 4.51. The summed E-state index contributed by atoms with van der Waals surface area (Å²) in [4.78, 5) is 15.0. The van der Waals surface area contributed by atoms with Crippen LogP contribution in [0.2, 0.25) is 5.02 Å². The number of hydrogen-bond donors (Lipinski definition) is 1. The van der Waals surface area contributed by atoms with E-state index in [1.165, 1.54) is 0 Å². The van der Waals surface area contributed by atoms with Gasteiger partial charge in [0.2, 0.25) is 0 Å². The number of aryl methyl sites for hydroxylation is 3. The highest BCUT2D eigenvalue weighted by atomic mass is 35.5. The summed E-state index contributed by atoms with van der Waals surface area (Å²) in [6.45, 7) is 1.97. The third-order valence-electron chi connectivity index (χ3n) is 2.78. The van der Waals surface area contributed by atoms with Crippen LogP contribution in [0.4, 0.5) is 0 Å². The van der Waals surface area contributed by atoms with Crippen molar-refractivity contribution in [2.24, 2.45) is 7.05 Å². The molecule has 0 radical (unpaired) electrons. The van der Waals surface area contributed by atoms with Gasteiger partial charge in [0.15, 0.2) is 0 Å². The van der Waals surface area contributed by atoms with Gasteiger partial charge in [-0.15, -0.1) is 0 Å². The first-order valence-corrected chi connectivity index (χ1v) is 5.70. The molecule has 0 atom stereocenters. The number of imidazole rings is 1. The zero-order valence-corrected chi connectivity index (χ0v) is 10.5. The summed E-state index contributed by atoms with van der Waals surface area (Å²) in [5.41, 5.74) is 2.87. The van der Waals surface area contributed by atoms with Crippen molar-refractivity contribution in [1.29, 1.82) is 0 Å². The van der Waals surface area contributed by atoms with Crippen molar-refractivity contribution in [3.05, 3.63) is 28.5 Å². The van der Waals surface area contributed by atoms with Gasteiger partial charge in [-0.2, -0.15) is 0 Å². The maximum atomic E-state index is 10.6. The van der Waals surface area contributed by atoms with Gasteiger partial charge in [-0.05, 0) is 24.6 Å². The van der Waals surface area contributed by atoms with Crippen LogP contribution in [0.1, 0.15) is 17.8 Å². The number of carboxylic acid groups (broad SMARTS) is 1. The van der Waals surface area contributed by atoms with E-state index in [0.717, 1.165) is 22.4 Å². The minimum atomic E-state index is -0.813. The summed E-state index contributed by atoms with van der Waals surface area (Å²) in [7, 11) is 1.90. The fourth-order valence-electron chi connectivity index (χ4n) is 2.02. The Labute approximate surface area is 104 Å². The van der Waals surface area contributed by atoms with E-state index < -0.39 is 5.97 Å². The minimum absolute atomic E-state index is 0.0872. The van der Waals surface area contributed by atoms with Crippen molar-refractivity contribution in [2.75, 3.05) is 0 Å². The summed E-state index contributed by atoms with van der Waals surface area (Å²) in [5.74, 6) is -0.0421. The summed E-state index contributed by atoms with van der Waals surface area (Å²) >= 11 is 5.97. The summed E-state index contributed by atoms with van der Waals surface area (Å²) in [6.07, 6.45) is 0.515. The molecule has 0 saturated carbocycles. The highest BCUT2D eigenvalue weighted by Gasteiger charge is 2.11. The lowest BCUT2D eigenvalue weighted by Gasteiger charge is -2.02. The van der Waals surface area contributed by atoms with Crippen LogP contribution < -0.4 is 0 Å². The van der Waals surface area contributed by atoms with E-state index in [1.54, 1.807) is 6.07 Å². The molecule has 0 amide bonds. The zero-order chi connectivity index (χ0) is 12.6. The number of nitrogens with zero attached hydrogens (tertiary/aromatic N) is 2. The number of fused-ring (bicyclic) bond motifs is 1. The molecule has 1 N–H and O–H groups in total. The van der Waals surface area contributed by atoms with Crippen LogP contribution in [0.15, 0.2) is 12.1 Å². The van der Waals surface area contributed by atoms with Crippen LogP contribution in [0, 0.1) is 6.92 Å². The first kappa shape index (κ1) is 11.9. The average molecular weight is 253 g/mol. The average Bonchev–Trinajstić information content (AvgIpc) is 2.52. The summed E-state index contributed by atoms with van der Waals surface area (Å²) in [5, 5.41) is 9.33. The molecule has 0 saturated heterocycles. The molecule has 4 nitrogen and oxygen atoms in total. The monoisotopic (exact) mass is 252 g/mol. The molecular formula is C12H13ClN2O2. The number of rotatable bonds is 3. The third-order valence-corrected chi connectivity index (χ3v) is 3.00. The van der Waals surface area contributed by atoms with Crippen LogP contribution in [0.25, 0.3) is 11.0 Å². The van der Waals surface area contributed by atoms with Crippen LogP contribution in [-0.4, -0.2) is 20.6 Å². The molecule has 0 aliphatic rings. The Morgan fingerprint density at radius 3 is 2.88 bits per heavy atom. The van der Waals surface area contributed by atoms with Crippen molar-refractivity contribution >= 4 is 28.6 Å². The predicted octanol–water partition coefficient (Wildman–Crippen LogP) is 2.55. The van der Waals surface area contributed by atoms with Gasteiger partial charge < -0.3 is 9.67 Å². The van der Waals surface area contributed by atoms with Crippen LogP contribution in [0.5, 0.6) is 0 Å². The van der Waals surface area contributed by atoms with Gasteiger partial charge in [0.05, 0.1) is 17.5 Å². The Kier molecular flexibility index (Phi) is 3.07. The van der Waals surface area contributed by atoms with Gasteiger partial charge >= 0.3 is 5.97 Å². The van der Waals surface area contributed by atoms with E-state index >= 15 is 0 Å². The van der Waals surface area contributed by atoms with Gasteiger partial charge in [-0.25, -0.2) is 4.98 Å². The molecule has 90 valence electrons. The molecule has 0 unspecified atom stereocenters. The van der Waals surface area contributed by atoms with E-state index in [-0.39, 0.29) is 6.42 Å². The molecule has 0 bridgehead atoms. The van der Waals surface area contributed by atoms with Crippen molar-refractivity contribution in [3.63, 3.8) is 0 Å². The molecule has 17 heavy (non-hydrogen) atoms. The molecule has 0 fully saturated rings. The lowest BCUT2D eigenvalue weighted by Crippen LogP contribution is -2.03. The second kappa shape index (κ2) is 4.37. The Balaban J connectivity index is 2.49. The van der Waals surface area contributed by atoms with Gasteiger partial charge in [0, 0.05) is 18.5 Å². The molecule has 2 aromatic rings. The molecule has 1 heterocycles. The number of halogens is 1. The Bertz CT molecular complexity index is 590. The fraction of sp³-hybridized carbons (Fsp3) is 0.333. The maximum absolute atomic E-state index is 10.6. The summed E-state index contributed by atoms with van der Waals surface area (Å²) in [6, 6.07) is 3.68. The van der Waals surface area contributed by atoms with Gasteiger partial charge in [-0.3, -0.25) is 4.79 Å². The lowest BCUT2D eigenvalue weighted by molar-refractivity contribution is -0.137. The van der Waals surface area contributed by atoms with E-state index in [9.17, 15) is 4.79 Å². The van der Waals surface area contributed by atoms with Gasteiger partial charge in [0.25, 0.3) is 0 Å². The number of hydrogen-bond acceptors (Lipinski definition) is 2. The van der Waals surface area contributed by atoms with Crippen LogP contribution in [-0.2, 0) is 18.3 Å². The molecular weight excluding hydrogens is 240 g/mol. The molecule has 0 aliphatic heterocycles. The molecule has 1 aromatic carbocycles. The quantitative estimate of drug-likeness (QED) is 0.913. The first-order chi connectivity index (χ1) is 7.99. The third kappa shape index (κ3) is 2.26. The van der Waals surface area contributed by atoms with E-state index in [2.05, 4.69) is 4.98 Å². The van der Waals surface area contributed by atoms with E-state index in [0.29, 0.717) is 11.4 Å². The smallest absolute Gasteiger partial charge is 0.303 e. The molecule has 2 rings (SSSR count). The SMILES string of the molecule is Cc1cc(Cl)cc2nc(CCC(=O)O)n(C)c12. The Morgan fingerprint density at radius 1 is 1.53 bits per heavy atom. The number of carbonyl (C=O) groups is 1. The Hall–Kier alpha value is -1.55. The molecule has 0 aliphatic carbocycles. The second-order valence-electron chi connectivity index (χ2n) is 4.07. The first-order valence-electron chi connectivity index (χ1n) is 5.32. The van der Waals surface area contributed by atoms with Crippen molar-refractivity contribution in [3.8, 4) is 0 Å². The van der Waals surface area contributed by atoms with Gasteiger partial charge in [-0.1, -0.05) is 11.6 Å². The maximum Gasteiger partial charge on any atom is 0.303 e. The predicted molar refractivity (Wildman–Crippen MR) is 66.4 cm³/mol. The topological polar surface area (TPSA) is 55.1 Å². The summed E-state index contributed by atoms with van der Waals surface area (Å²) < 4.78 is 1.93. The number of aromatic nitrogens is 2. The van der Waals surface area contributed by atoms with Crippen molar-refractivity contribution in [1.82, 2.24) is 9.55 Å². The van der Waals surface area contributed by atoms with Crippen molar-refractivity contribution < 1.29 is 9.90 Å². The fourth-order valence-corrected chi connectivity index (χ4v) is 2.29. The Morgan fingerprint density at radius 2 is 2.24 bits per heavy atom. The zero-order valence-electron chi connectivity index (χ0n) is 9.70. The molecule has 0 spiro atoms. The highest BCUT2D eigenvalue weighted by molar-refractivity contribution is 6.31. The number of aliphatic carboxylic acids is 1. The van der Waals surface area contributed by atoms with E-state index in [1.807, 2.05) is 24.6 Å². The molecule has 5 heteroatoms. The minimum Gasteiger partial charge on any atom is -0.481 e. The van der Waals surface area contributed by atoms with Crippen LogP contribution >= 0.6 is 11.6 Å². The van der Waals surface area contributed by atoms with Crippen LogP contribution in [0.3, 0.4) is 0 Å². The van der Waals surface area contributed by atoms with E-state index in [4.69, 9.17) is 16.7 Å². The molecule has 1 aromatic heterocycles. The highest BCUT2D eigenvalue weighted by Crippen LogP contribution is 2.24. The largest absolute Gasteiger partial charge is 0.481 e. The number of carboxylic acids is 1. The van der Waals surface area contributed by atoms with Crippen molar-refractivity contribution in [2.45, 2.75) is 19.8 Å². The number of benzene rings is 1. The lowest BCUT2D eigenvalue weighted by atomic mass is 10.2. The van der Waals surface area contributed by atoms with Gasteiger partial charge in [0.1, 0.15) is 5.82 Å².